The van der Waals surface area contributed by atoms with Crippen molar-refractivity contribution in [3.8, 4) is 0 Å². The molecule has 1 atom stereocenters. The number of pyridine rings is 1. The minimum Gasteiger partial charge on any atom is -0.396 e. The molecule has 0 spiro atoms. The third kappa shape index (κ3) is 5.07. The zero-order valence-corrected chi connectivity index (χ0v) is 20.1. The number of aliphatic hydroxyl groups is 1. The van der Waals surface area contributed by atoms with E-state index in [-0.39, 0.29) is 23.7 Å². The predicted molar refractivity (Wildman–Crippen MR) is 127 cm³/mol. The summed E-state index contributed by atoms with van der Waals surface area (Å²) in [5, 5.41) is 23.2. The Bertz CT molecular complexity index is 1110. The summed E-state index contributed by atoms with van der Waals surface area (Å²) in [5.41, 5.74) is 3.45. The monoisotopic (exact) mass is 440 g/mol. The van der Waals surface area contributed by atoms with Crippen molar-refractivity contribution in [1.29, 1.82) is 0 Å². The highest BCUT2D eigenvalue weighted by Crippen LogP contribution is 2.29. The number of nitrogens with one attached hydrogen (secondary N) is 1. The lowest BCUT2D eigenvalue weighted by atomic mass is 10.0. The molecule has 0 aliphatic carbocycles. The van der Waals surface area contributed by atoms with Gasteiger partial charge in [0.2, 0.25) is 0 Å². The first-order valence-corrected chi connectivity index (χ1v) is 11.4. The van der Waals surface area contributed by atoms with Crippen molar-refractivity contribution in [3.63, 3.8) is 0 Å². The number of tetrazole rings is 1. The molecule has 8 nitrogen and oxygen atoms in total. The molecule has 2 heterocycles. The molecule has 0 bridgehead atoms. The number of aliphatic hydroxyl groups excluding tert-OH is 1. The van der Waals surface area contributed by atoms with Crippen LogP contribution in [0.25, 0.3) is 10.9 Å². The second-order valence-electron chi connectivity index (χ2n) is 9.58. The van der Waals surface area contributed by atoms with Crippen LogP contribution in [0, 0.1) is 13.8 Å². The van der Waals surface area contributed by atoms with Crippen LogP contribution >= 0.6 is 0 Å². The zero-order valence-electron chi connectivity index (χ0n) is 20.1. The number of H-pyrrole nitrogens is 1. The van der Waals surface area contributed by atoms with Gasteiger partial charge in [-0.1, -0.05) is 25.5 Å². The number of hydrogen-bond donors (Lipinski definition) is 2. The molecular formula is C24H36N6O2. The van der Waals surface area contributed by atoms with Crippen LogP contribution in [0.15, 0.2) is 23.0 Å². The molecule has 32 heavy (non-hydrogen) atoms. The van der Waals surface area contributed by atoms with E-state index in [4.69, 9.17) is 0 Å². The third-order valence-corrected chi connectivity index (χ3v) is 5.93. The number of benzene rings is 1. The molecule has 2 aromatic heterocycles. The average molecular weight is 441 g/mol. The molecule has 0 aliphatic heterocycles. The Morgan fingerprint density at radius 2 is 1.94 bits per heavy atom. The maximum Gasteiger partial charge on any atom is 0.252 e. The Morgan fingerprint density at radius 1 is 1.22 bits per heavy atom. The first-order valence-electron chi connectivity index (χ1n) is 11.4. The Kier molecular flexibility index (Phi) is 7.46. The van der Waals surface area contributed by atoms with Gasteiger partial charge < -0.3 is 10.1 Å². The van der Waals surface area contributed by atoms with E-state index >= 15 is 0 Å². The SMILES string of the molecule is CCC[C@@H](c1nnnn1C(C)(C)C)N(CCCO)Cc1cc2c(C)ccc(C)c2[nH]c1=O. The Morgan fingerprint density at radius 3 is 2.59 bits per heavy atom. The fourth-order valence-corrected chi connectivity index (χ4v) is 4.20. The smallest absolute Gasteiger partial charge is 0.252 e. The van der Waals surface area contributed by atoms with Gasteiger partial charge in [0.15, 0.2) is 5.82 Å². The van der Waals surface area contributed by atoms with Gasteiger partial charge in [0.05, 0.1) is 17.1 Å². The lowest BCUT2D eigenvalue weighted by Crippen LogP contribution is -2.36. The van der Waals surface area contributed by atoms with E-state index < -0.39 is 0 Å². The second kappa shape index (κ2) is 9.92. The average Bonchev–Trinajstić information content (AvgIpc) is 3.23. The normalized spacial score (nSPS) is 13.2. The predicted octanol–water partition coefficient (Wildman–Crippen LogP) is 3.61. The van der Waals surface area contributed by atoms with Crippen molar-refractivity contribution in [2.45, 2.75) is 78.9 Å². The summed E-state index contributed by atoms with van der Waals surface area (Å²) in [4.78, 5) is 18.3. The molecule has 174 valence electrons. The minimum atomic E-state index is -0.261. The molecule has 3 rings (SSSR count). The summed E-state index contributed by atoms with van der Waals surface area (Å²) in [7, 11) is 0. The van der Waals surface area contributed by atoms with Gasteiger partial charge in [0.25, 0.3) is 5.56 Å². The molecule has 8 heteroatoms. The van der Waals surface area contributed by atoms with Gasteiger partial charge >= 0.3 is 0 Å². The first-order chi connectivity index (χ1) is 15.2. The number of fused-ring (bicyclic) bond motifs is 1. The van der Waals surface area contributed by atoms with Gasteiger partial charge in [-0.2, -0.15) is 0 Å². The lowest BCUT2D eigenvalue weighted by Gasteiger charge is -2.32. The zero-order chi connectivity index (χ0) is 23.5. The third-order valence-electron chi connectivity index (χ3n) is 5.93. The number of aromatic nitrogens is 5. The number of rotatable bonds is 9. The van der Waals surface area contributed by atoms with Crippen molar-refractivity contribution in [2.24, 2.45) is 0 Å². The molecule has 0 aliphatic rings. The molecule has 0 unspecified atom stereocenters. The summed E-state index contributed by atoms with van der Waals surface area (Å²) in [6, 6.07) is 6.07. The van der Waals surface area contributed by atoms with Gasteiger partial charge in [0, 0.05) is 30.6 Å². The largest absolute Gasteiger partial charge is 0.396 e. The first kappa shape index (κ1) is 24.1. The molecule has 0 amide bonds. The van der Waals surface area contributed by atoms with Crippen LogP contribution in [0.4, 0.5) is 0 Å². The van der Waals surface area contributed by atoms with Gasteiger partial charge in [-0.25, -0.2) is 4.68 Å². The number of aryl methyl sites for hydroxylation is 2. The molecular weight excluding hydrogens is 404 g/mol. The van der Waals surface area contributed by atoms with Crippen molar-refractivity contribution < 1.29 is 5.11 Å². The summed E-state index contributed by atoms with van der Waals surface area (Å²) in [6.45, 7) is 13.6. The molecule has 0 fully saturated rings. The Balaban J connectivity index is 2.06. The highest BCUT2D eigenvalue weighted by atomic mass is 16.3. The van der Waals surface area contributed by atoms with Crippen LogP contribution < -0.4 is 5.56 Å². The standard InChI is InChI=1S/C24H36N6O2/c1-7-9-20(22-26-27-28-30(22)24(4,5)6)29(12-8-13-31)15-18-14-19-16(2)10-11-17(3)21(19)25-23(18)32/h10-11,14,20,31H,7-9,12-13,15H2,1-6H3,(H,25,32)/t20-/m0/s1. The van der Waals surface area contributed by atoms with Crippen LogP contribution in [0.1, 0.15) is 75.5 Å². The quantitative estimate of drug-likeness (QED) is 0.527. The van der Waals surface area contributed by atoms with E-state index in [9.17, 15) is 9.90 Å². The van der Waals surface area contributed by atoms with Crippen LogP contribution in [0.3, 0.4) is 0 Å². The summed E-state index contributed by atoms with van der Waals surface area (Å²) >= 11 is 0. The number of aromatic amines is 1. The van der Waals surface area contributed by atoms with E-state index in [0.29, 0.717) is 25.1 Å². The number of hydrogen-bond acceptors (Lipinski definition) is 6. The van der Waals surface area contributed by atoms with Gasteiger partial charge in [0.1, 0.15) is 0 Å². The second-order valence-corrected chi connectivity index (χ2v) is 9.58. The summed E-state index contributed by atoms with van der Waals surface area (Å²) in [6.07, 6.45) is 2.41. The van der Waals surface area contributed by atoms with E-state index in [1.807, 2.05) is 23.7 Å². The lowest BCUT2D eigenvalue weighted by molar-refractivity contribution is 0.142. The highest BCUT2D eigenvalue weighted by molar-refractivity contribution is 5.85. The molecule has 0 saturated heterocycles. The van der Waals surface area contributed by atoms with Crippen molar-refractivity contribution >= 4 is 10.9 Å². The maximum atomic E-state index is 13.0. The maximum absolute atomic E-state index is 13.0. The van der Waals surface area contributed by atoms with Crippen LogP contribution in [0.2, 0.25) is 0 Å². The molecule has 3 aromatic rings. The minimum absolute atomic E-state index is 0.0607. The van der Waals surface area contributed by atoms with Crippen LogP contribution in [0.5, 0.6) is 0 Å². The fourth-order valence-electron chi connectivity index (χ4n) is 4.20. The van der Waals surface area contributed by atoms with Crippen molar-refractivity contribution in [3.05, 3.63) is 51.1 Å². The fraction of sp³-hybridized carbons (Fsp3) is 0.583. The van der Waals surface area contributed by atoms with E-state index in [1.54, 1.807) is 0 Å². The van der Waals surface area contributed by atoms with Crippen molar-refractivity contribution in [2.75, 3.05) is 13.2 Å². The highest BCUT2D eigenvalue weighted by Gasteiger charge is 2.30. The van der Waals surface area contributed by atoms with E-state index in [0.717, 1.165) is 40.7 Å². The van der Waals surface area contributed by atoms with Crippen LogP contribution in [-0.4, -0.2) is 48.3 Å². The Labute approximate surface area is 189 Å². The van der Waals surface area contributed by atoms with Gasteiger partial charge in [-0.15, -0.1) is 5.10 Å². The summed E-state index contributed by atoms with van der Waals surface area (Å²) in [5.74, 6) is 0.793. The van der Waals surface area contributed by atoms with E-state index in [2.05, 4.69) is 66.1 Å². The molecule has 0 radical (unpaired) electrons. The van der Waals surface area contributed by atoms with Crippen molar-refractivity contribution in [1.82, 2.24) is 30.1 Å². The Hall–Kier alpha value is -2.58. The molecule has 0 saturated carbocycles. The number of nitrogens with zero attached hydrogens (tertiary/aromatic N) is 5. The summed E-state index contributed by atoms with van der Waals surface area (Å²) < 4.78 is 1.87. The topological polar surface area (TPSA) is 99.9 Å². The molecule has 2 N–H and O–H groups in total. The van der Waals surface area contributed by atoms with Gasteiger partial charge in [-0.3, -0.25) is 9.69 Å². The van der Waals surface area contributed by atoms with Crippen LogP contribution in [-0.2, 0) is 12.1 Å². The van der Waals surface area contributed by atoms with E-state index in [1.165, 1.54) is 0 Å². The van der Waals surface area contributed by atoms with Gasteiger partial charge in [-0.05, 0) is 75.1 Å². The molecule has 1 aromatic carbocycles.